The van der Waals surface area contributed by atoms with E-state index in [9.17, 15) is 18.0 Å². The predicted molar refractivity (Wildman–Crippen MR) is 113 cm³/mol. The Morgan fingerprint density at radius 3 is 2.48 bits per heavy atom. The Labute approximate surface area is 185 Å². The summed E-state index contributed by atoms with van der Waals surface area (Å²) in [5, 5.41) is 2.95. The molecule has 2 fully saturated rings. The van der Waals surface area contributed by atoms with Crippen LogP contribution in [0.15, 0.2) is 28.9 Å². The molecule has 1 N–H and O–H groups in total. The minimum Gasteiger partial charge on any atom is -0.378 e. The number of nitrogens with one attached hydrogen (secondary N) is 1. The summed E-state index contributed by atoms with van der Waals surface area (Å²) in [5.74, 6) is -0.154. The molecule has 2 aliphatic rings. The molecule has 0 saturated carbocycles. The summed E-state index contributed by atoms with van der Waals surface area (Å²) in [5.41, 5.74) is 0.210. The summed E-state index contributed by atoms with van der Waals surface area (Å²) in [6.07, 6.45) is -2.06. The van der Waals surface area contributed by atoms with Gasteiger partial charge in [-0.05, 0) is 47.0 Å². The van der Waals surface area contributed by atoms with Gasteiger partial charge in [0.25, 0.3) is 5.91 Å². The summed E-state index contributed by atoms with van der Waals surface area (Å²) in [4.78, 5) is 24.0. The third kappa shape index (κ3) is 4.93. The molecular formula is C20H21BrF3N5O2. The van der Waals surface area contributed by atoms with Crippen molar-refractivity contribution in [2.75, 3.05) is 49.6 Å². The fourth-order valence-electron chi connectivity index (χ4n) is 3.62. The largest absolute Gasteiger partial charge is 0.421 e. The second-order valence-corrected chi connectivity index (χ2v) is 8.20. The Bertz CT molecular complexity index is 960. The summed E-state index contributed by atoms with van der Waals surface area (Å²) >= 11 is 3.42. The lowest BCUT2D eigenvalue weighted by atomic mass is 10.1. The molecule has 0 bridgehead atoms. The SMILES string of the molecule is O=C(c1ccc(Nc2ncc(C(F)(F)F)c(N3CCCC3)n2)c(Br)c1)N1CCOCC1. The highest BCUT2D eigenvalue weighted by Gasteiger charge is 2.37. The molecule has 0 atom stereocenters. The zero-order valence-corrected chi connectivity index (χ0v) is 18.2. The molecule has 1 aromatic heterocycles. The van der Waals surface area contributed by atoms with Crippen molar-refractivity contribution in [3.63, 3.8) is 0 Å². The molecule has 2 aromatic rings. The average molecular weight is 500 g/mol. The van der Waals surface area contributed by atoms with Gasteiger partial charge in [-0.3, -0.25) is 4.79 Å². The number of hydrogen-bond donors (Lipinski definition) is 1. The molecule has 31 heavy (non-hydrogen) atoms. The molecule has 3 heterocycles. The molecule has 0 aliphatic carbocycles. The van der Waals surface area contributed by atoms with Gasteiger partial charge in [0.2, 0.25) is 5.95 Å². The summed E-state index contributed by atoms with van der Waals surface area (Å²) in [6.45, 7) is 3.15. The Morgan fingerprint density at radius 1 is 1.13 bits per heavy atom. The quantitative estimate of drug-likeness (QED) is 0.683. The summed E-state index contributed by atoms with van der Waals surface area (Å²) in [7, 11) is 0. The van der Waals surface area contributed by atoms with Crippen molar-refractivity contribution in [3.8, 4) is 0 Å². The number of hydrogen-bond acceptors (Lipinski definition) is 6. The van der Waals surface area contributed by atoms with Gasteiger partial charge in [-0.25, -0.2) is 4.98 Å². The lowest BCUT2D eigenvalue weighted by Crippen LogP contribution is -2.40. The Hall–Kier alpha value is -2.40. The van der Waals surface area contributed by atoms with Crippen molar-refractivity contribution in [1.29, 1.82) is 0 Å². The maximum Gasteiger partial charge on any atom is 0.421 e. The number of rotatable bonds is 4. The number of ether oxygens (including phenoxy) is 1. The van der Waals surface area contributed by atoms with E-state index in [0.717, 1.165) is 19.0 Å². The Kier molecular flexibility index (Phi) is 6.33. The van der Waals surface area contributed by atoms with E-state index in [1.165, 1.54) is 0 Å². The summed E-state index contributed by atoms with van der Waals surface area (Å²) < 4.78 is 46.1. The maximum absolute atomic E-state index is 13.4. The first-order valence-electron chi connectivity index (χ1n) is 9.96. The van der Waals surface area contributed by atoms with Crippen molar-refractivity contribution >= 4 is 39.3 Å². The maximum atomic E-state index is 13.4. The number of alkyl halides is 3. The zero-order valence-electron chi connectivity index (χ0n) is 16.6. The summed E-state index contributed by atoms with van der Waals surface area (Å²) in [6, 6.07) is 5.01. The van der Waals surface area contributed by atoms with E-state index in [2.05, 4.69) is 31.2 Å². The van der Waals surface area contributed by atoms with Gasteiger partial charge in [0, 0.05) is 42.4 Å². The molecule has 1 amide bonds. The van der Waals surface area contributed by atoms with Crippen LogP contribution >= 0.6 is 15.9 Å². The number of aromatic nitrogens is 2. The number of nitrogens with zero attached hydrogens (tertiary/aromatic N) is 4. The zero-order chi connectivity index (χ0) is 22.0. The predicted octanol–water partition coefficient (Wildman–Crippen LogP) is 4.07. The van der Waals surface area contributed by atoms with E-state index in [4.69, 9.17) is 4.74 Å². The molecular weight excluding hydrogens is 479 g/mol. The van der Waals surface area contributed by atoms with Gasteiger partial charge in [-0.2, -0.15) is 18.2 Å². The fraction of sp³-hybridized carbons (Fsp3) is 0.450. The van der Waals surface area contributed by atoms with Crippen LogP contribution in [0.25, 0.3) is 0 Å². The second kappa shape index (κ2) is 8.99. The molecule has 7 nitrogen and oxygen atoms in total. The third-order valence-electron chi connectivity index (χ3n) is 5.24. The smallest absolute Gasteiger partial charge is 0.378 e. The van der Waals surface area contributed by atoms with Crippen LogP contribution in [0.2, 0.25) is 0 Å². The molecule has 0 unspecified atom stereocenters. The van der Waals surface area contributed by atoms with Crippen LogP contribution in [-0.4, -0.2) is 60.2 Å². The van der Waals surface area contributed by atoms with Gasteiger partial charge in [0.1, 0.15) is 11.4 Å². The second-order valence-electron chi connectivity index (χ2n) is 7.35. The van der Waals surface area contributed by atoms with Gasteiger partial charge in [-0.1, -0.05) is 0 Å². The first-order chi connectivity index (χ1) is 14.8. The van der Waals surface area contributed by atoms with Crippen LogP contribution in [0.3, 0.4) is 0 Å². The highest BCUT2D eigenvalue weighted by molar-refractivity contribution is 9.10. The number of morpholine rings is 1. The normalized spacial score (nSPS) is 17.2. The van der Waals surface area contributed by atoms with E-state index in [1.807, 2.05) is 0 Å². The van der Waals surface area contributed by atoms with Gasteiger partial charge < -0.3 is 19.9 Å². The third-order valence-corrected chi connectivity index (χ3v) is 5.90. The standard InChI is InChI=1S/C20H21BrF3N5O2/c21-15-11-13(18(30)29-7-9-31-10-8-29)3-4-16(15)26-19-25-12-14(20(22,23)24)17(27-19)28-5-1-2-6-28/h3-4,11-12H,1-2,5-10H2,(H,25,26,27). The molecule has 11 heteroatoms. The number of carbonyl (C=O) groups is 1. The van der Waals surface area contributed by atoms with E-state index in [0.29, 0.717) is 55.1 Å². The van der Waals surface area contributed by atoms with Crippen LogP contribution in [0, 0.1) is 0 Å². The molecule has 0 spiro atoms. The minimum atomic E-state index is -4.53. The van der Waals surface area contributed by atoms with Crippen molar-refractivity contribution in [1.82, 2.24) is 14.9 Å². The molecule has 166 valence electrons. The number of halogens is 4. The van der Waals surface area contributed by atoms with Crippen molar-refractivity contribution < 1.29 is 22.7 Å². The Morgan fingerprint density at radius 2 is 1.84 bits per heavy atom. The highest BCUT2D eigenvalue weighted by Crippen LogP contribution is 2.37. The number of benzene rings is 1. The van der Waals surface area contributed by atoms with Crippen LogP contribution in [-0.2, 0) is 10.9 Å². The molecule has 4 rings (SSSR count). The van der Waals surface area contributed by atoms with Crippen molar-refractivity contribution in [3.05, 3.63) is 40.0 Å². The van der Waals surface area contributed by atoms with Crippen LogP contribution in [0.5, 0.6) is 0 Å². The fourth-order valence-corrected chi connectivity index (χ4v) is 4.10. The number of carbonyl (C=O) groups excluding carboxylic acids is 1. The first kappa shape index (κ1) is 21.8. The van der Waals surface area contributed by atoms with E-state index < -0.39 is 11.7 Å². The lowest BCUT2D eigenvalue weighted by molar-refractivity contribution is -0.137. The number of anilines is 3. The molecule has 0 radical (unpaired) electrons. The van der Waals surface area contributed by atoms with Gasteiger partial charge >= 0.3 is 6.18 Å². The van der Waals surface area contributed by atoms with Gasteiger partial charge in [0.05, 0.1) is 18.9 Å². The van der Waals surface area contributed by atoms with Crippen LogP contribution in [0.1, 0.15) is 28.8 Å². The van der Waals surface area contributed by atoms with E-state index >= 15 is 0 Å². The van der Waals surface area contributed by atoms with Crippen LogP contribution in [0.4, 0.5) is 30.6 Å². The van der Waals surface area contributed by atoms with E-state index in [-0.39, 0.29) is 17.7 Å². The van der Waals surface area contributed by atoms with Gasteiger partial charge in [-0.15, -0.1) is 0 Å². The monoisotopic (exact) mass is 499 g/mol. The van der Waals surface area contributed by atoms with Gasteiger partial charge in [0.15, 0.2) is 0 Å². The number of amides is 1. The van der Waals surface area contributed by atoms with Crippen LogP contribution < -0.4 is 10.2 Å². The van der Waals surface area contributed by atoms with E-state index in [1.54, 1.807) is 28.0 Å². The molecule has 1 aromatic carbocycles. The average Bonchev–Trinajstić information content (AvgIpc) is 3.29. The molecule has 2 aliphatic heterocycles. The first-order valence-corrected chi connectivity index (χ1v) is 10.7. The highest BCUT2D eigenvalue weighted by atomic mass is 79.9. The molecule has 2 saturated heterocycles. The lowest BCUT2D eigenvalue weighted by Gasteiger charge is -2.27. The van der Waals surface area contributed by atoms with Crippen molar-refractivity contribution in [2.24, 2.45) is 0 Å². The Balaban J connectivity index is 1.56. The van der Waals surface area contributed by atoms with Crippen molar-refractivity contribution in [2.45, 2.75) is 19.0 Å². The topological polar surface area (TPSA) is 70.6 Å². The minimum absolute atomic E-state index is 0.0582.